The molecular weight excluding hydrogens is 318 g/mol. The highest BCUT2D eigenvalue weighted by Gasteiger charge is 2.11. The molecule has 19 heavy (non-hydrogen) atoms. The van der Waals surface area contributed by atoms with Crippen molar-refractivity contribution in [3.8, 4) is 0 Å². The summed E-state index contributed by atoms with van der Waals surface area (Å²) in [6, 6.07) is 19.0. The van der Waals surface area contributed by atoms with Crippen molar-refractivity contribution in [1.29, 1.82) is 0 Å². The van der Waals surface area contributed by atoms with Crippen LogP contribution in [-0.4, -0.2) is 0 Å². The van der Waals surface area contributed by atoms with Crippen molar-refractivity contribution in [1.82, 2.24) is 0 Å². The van der Waals surface area contributed by atoms with E-state index in [1.165, 1.54) is 20.5 Å². The van der Waals surface area contributed by atoms with Gasteiger partial charge in [-0.05, 0) is 41.6 Å². The van der Waals surface area contributed by atoms with Gasteiger partial charge in [-0.15, -0.1) is 11.3 Å². The zero-order chi connectivity index (χ0) is 13.2. The second-order valence-electron chi connectivity index (χ2n) is 4.63. The van der Waals surface area contributed by atoms with Crippen LogP contribution in [0.4, 0.5) is 0 Å². The predicted octanol–water partition coefficient (Wildman–Crippen LogP) is 4.91. The summed E-state index contributed by atoms with van der Waals surface area (Å²) in [5.41, 5.74) is 7.60. The first-order chi connectivity index (χ1) is 9.22. The minimum absolute atomic E-state index is 0.0618. The Morgan fingerprint density at radius 1 is 1.05 bits per heavy atom. The lowest BCUT2D eigenvalue weighted by Crippen LogP contribution is -2.11. The maximum Gasteiger partial charge on any atom is 0.0431 e. The number of rotatable bonds is 3. The van der Waals surface area contributed by atoms with E-state index in [0.717, 1.165) is 10.9 Å². The number of hydrogen-bond acceptors (Lipinski definition) is 2. The van der Waals surface area contributed by atoms with Gasteiger partial charge in [-0.2, -0.15) is 0 Å². The van der Waals surface area contributed by atoms with E-state index in [2.05, 4.69) is 64.5 Å². The number of thiophene rings is 1. The Morgan fingerprint density at radius 3 is 2.68 bits per heavy atom. The third-order valence-corrected chi connectivity index (χ3v) is 4.90. The Morgan fingerprint density at radius 2 is 1.89 bits per heavy atom. The maximum atomic E-state index is 6.34. The van der Waals surface area contributed by atoms with Crippen LogP contribution in [0.1, 0.15) is 16.5 Å². The van der Waals surface area contributed by atoms with Crippen LogP contribution in [-0.2, 0) is 6.42 Å². The molecule has 0 amide bonds. The molecule has 0 spiro atoms. The summed E-state index contributed by atoms with van der Waals surface area (Å²) in [5, 5.41) is 1.28. The molecule has 0 aliphatic carbocycles. The molecule has 3 aromatic rings. The highest BCUT2D eigenvalue weighted by atomic mass is 79.9. The SMILES string of the molecule is NC(Cc1cccc(Br)c1)c1cc2ccccc2s1. The first-order valence-electron chi connectivity index (χ1n) is 6.21. The Hall–Kier alpha value is -1.16. The summed E-state index contributed by atoms with van der Waals surface area (Å²) < 4.78 is 2.41. The molecule has 3 heteroatoms. The standard InChI is InChI=1S/C16H14BrNS/c17-13-6-3-4-11(8-13)9-14(18)16-10-12-5-1-2-7-15(12)19-16/h1-8,10,14H,9,18H2. The largest absolute Gasteiger partial charge is 0.323 e. The van der Waals surface area contributed by atoms with Gasteiger partial charge in [0.15, 0.2) is 0 Å². The van der Waals surface area contributed by atoms with Crippen LogP contribution in [0.15, 0.2) is 59.1 Å². The Labute approximate surface area is 125 Å². The summed E-state index contributed by atoms with van der Waals surface area (Å²) in [6.45, 7) is 0. The normalized spacial score (nSPS) is 12.7. The number of benzene rings is 2. The zero-order valence-corrected chi connectivity index (χ0v) is 12.7. The summed E-state index contributed by atoms with van der Waals surface area (Å²) >= 11 is 5.29. The van der Waals surface area contributed by atoms with E-state index in [1.54, 1.807) is 11.3 Å². The van der Waals surface area contributed by atoms with Crippen molar-refractivity contribution in [2.75, 3.05) is 0 Å². The second kappa shape index (κ2) is 5.45. The van der Waals surface area contributed by atoms with Crippen LogP contribution in [0.5, 0.6) is 0 Å². The lowest BCUT2D eigenvalue weighted by Gasteiger charge is -2.09. The fourth-order valence-corrected chi connectivity index (χ4v) is 3.72. The molecule has 1 aromatic heterocycles. The van der Waals surface area contributed by atoms with Gasteiger partial charge in [-0.25, -0.2) is 0 Å². The molecule has 2 aromatic carbocycles. The van der Waals surface area contributed by atoms with E-state index in [-0.39, 0.29) is 6.04 Å². The smallest absolute Gasteiger partial charge is 0.0431 e. The molecule has 1 unspecified atom stereocenters. The fraction of sp³-hybridized carbons (Fsp3) is 0.125. The molecule has 3 rings (SSSR count). The van der Waals surface area contributed by atoms with Gasteiger partial charge >= 0.3 is 0 Å². The first-order valence-corrected chi connectivity index (χ1v) is 7.82. The molecule has 1 nitrogen and oxygen atoms in total. The zero-order valence-electron chi connectivity index (χ0n) is 10.3. The van der Waals surface area contributed by atoms with Crippen LogP contribution >= 0.6 is 27.3 Å². The van der Waals surface area contributed by atoms with Crippen molar-refractivity contribution >= 4 is 37.4 Å². The summed E-state index contributed by atoms with van der Waals surface area (Å²) in [6.07, 6.45) is 0.867. The lowest BCUT2D eigenvalue weighted by molar-refractivity contribution is 0.737. The van der Waals surface area contributed by atoms with Crippen LogP contribution < -0.4 is 5.73 Å². The van der Waals surface area contributed by atoms with E-state index in [0.29, 0.717) is 0 Å². The molecule has 2 N–H and O–H groups in total. The van der Waals surface area contributed by atoms with Crippen molar-refractivity contribution in [2.45, 2.75) is 12.5 Å². The highest BCUT2D eigenvalue weighted by molar-refractivity contribution is 9.10. The number of halogens is 1. The average Bonchev–Trinajstić information content (AvgIpc) is 2.82. The van der Waals surface area contributed by atoms with Gasteiger partial charge < -0.3 is 5.73 Å². The van der Waals surface area contributed by atoms with Gasteiger partial charge in [-0.1, -0.05) is 46.3 Å². The van der Waals surface area contributed by atoms with Crippen molar-refractivity contribution in [3.05, 3.63) is 69.5 Å². The van der Waals surface area contributed by atoms with Gasteiger partial charge in [0.25, 0.3) is 0 Å². The third kappa shape index (κ3) is 2.89. The molecule has 96 valence electrons. The summed E-state index contributed by atoms with van der Waals surface area (Å²) in [4.78, 5) is 1.25. The van der Waals surface area contributed by atoms with Gasteiger partial charge in [-0.3, -0.25) is 0 Å². The number of fused-ring (bicyclic) bond motifs is 1. The van der Waals surface area contributed by atoms with E-state index in [9.17, 15) is 0 Å². The van der Waals surface area contributed by atoms with Crippen LogP contribution in [0.25, 0.3) is 10.1 Å². The third-order valence-electron chi connectivity index (χ3n) is 3.15. The Kier molecular flexibility index (Phi) is 3.69. The van der Waals surface area contributed by atoms with Gasteiger partial charge in [0.1, 0.15) is 0 Å². The monoisotopic (exact) mass is 331 g/mol. The van der Waals surface area contributed by atoms with Crippen molar-refractivity contribution in [3.63, 3.8) is 0 Å². The van der Waals surface area contributed by atoms with E-state index >= 15 is 0 Å². The molecule has 0 aliphatic heterocycles. The van der Waals surface area contributed by atoms with Gasteiger partial charge in [0, 0.05) is 20.1 Å². The van der Waals surface area contributed by atoms with E-state index < -0.39 is 0 Å². The first kappa shape index (κ1) is 12.9. The van der Waals surface area contributed by atoms with Gasteiger partial charge in [0.05, 0.1) is 0 Å². The highest BCUT2D eigenvalue weighted by Crippen LogP contribution is 2.30. The van der Waals surface area contributed by atoms with E-state index in [4.69, 9.17) is 5.73 Å². The Bertz CT molecular complexity index is 672. The minimum Gasteiger partial charge on any atom is -0.323 e. The molecule has 1 heterocycles. The van der Waals surface area contributed by atoms with Crippen molar-refractivity contribution in [2.24, 2.45) is 5.73 Å². The summed E-state index contributed by atoms with van der Waals surface area (Å²) in [5.74, 6) is 0. The van der Waals surface area contributed by atoms with Crippen LogP contribution in [0.3, 0.4) is 0 Å². The molecule has 0 saturated heterocycles. The number of hydrogen-bond donors (Lipinski definition) is 1. The van der Waals surface area contributed by atoms with Gasteiger partial charge in [0.2, 0.25) is 0 Å². The molecule has 1 atom stereocenters. The van der Waals surface area contributed by atoms with Crippen LogP contribution in [0, 0.1) is 0 Å². The number of nitrogens with two attached hydrogens (primary N) is 1. The molecule has 0 bridgehead atoms. The fourth-order valence-electron chi connectivity index (χ4n) is 2.20. The average molecular weight is 332 g/mol. The molecular formula is C16H14BrNS. The lowest BCUT2D eigenvalue weighted by atomic mass is 10.1. The molecule has 0 aliphatic rings. The maximum absolute atomic E-state index is 6.34. The van der Waals surface area contributed by atoms with Crippen molar-refractivity contribution < 1.29 is 0 Å². The predicted molar refractivity (Wildman–Crippen MR) is 86.6 cm³/mol. The topological polar surface area (TPSA) is 26.0 Å². The minimum atomic E-state index is 0.0618. The molecule has 0 radical (unpaired) electrons. The molecule has 0 saturated carbocycles. The Balaban J connectivity index is 1.85. The van der Waals surface area contributed by atoms with E-state index in [1.807, 2.05) is 6.07 Å². The molecule has 0 fully saturated rings. The summed E-state index contributed by atoms with van der Waals surface area (Å²) in [7, 11) is 0. The quantitative estimate of drug-likeness (QED) is 0.725. The second-order valence-corrected chi connectivity index (χ2v) is 6.66. The van der Waals surface area contributed by atoms with Crippen LogP contribution in [0.2, 0.25) is 0 Å².